The number of nitrogens with zero attached hydrogens (tertiary/aromatic N) is 4. The van der Waals surface area contributed by atoms with E-state index in [9.17, 15) is 0 Å². The molecule has 0 atom stereocenters. The molecule has 5 heteroatoms. The first-order valence-corrected chi connectivity index (χ1v) is 19.6. The summed E-state index contributed by atoms with van der Waals surface area (Å²) in [6.45, 7) is 0. The van der Waals surface area contributed by atoms with Gasteiger partial charge in [-0.15, -0.1) is 11.3 Å². The summed E-state index contributed by atoms with van der Waals surface area (Å²) >= 11 is 1.83. The van der Waals surface area contributed by atoms with Gasteiger partial charge in [-0.1, -0.05) is 170 Å². The maximum atomic E-state index is 5.10. The van der Waals surface area contributed by atoms with Gasteiger partial charge < -0.3 is 4.57 Å². The van der Waals surface area contributed by atoms with Crippen LogP contribution in [0.25, 0.3) is 104 Å². The Balaban J connectivity index is 1.05. The van der Waals surface area contributed by atoms with E-state index in [0.717, 1.165) is 22.3 Å². The topological polar surface area (TPSA) is 43.6 Å². The molecule has 3 heterocycles. The molecule has 0 spiro atoms. The zero-order valence-corrected chi connectivity index (χ0v) is 31.0. The van der Waals surface area contributed by atoms with E-state index < -0.39 is 0 Å². The number of benzene rings is 8. The highest BCUT2D eigenvalue weighted by Crippen LogP contribution is 2.44. The monoisotopic (exact) mass is 732 g/mol. The summed E-state index contributed by atoms with van der Waals surface area (Å²) < 4.78 is 4.87. The molecule has 0 N–H and O–H groups in total. The number of hydrogen-bond donors (Lipinski definition) is 0. The van der Waals surface area contributed by atoms with Crippen LogP contribution in [0, 0.1) is 0 Å². The zero-order chi connectivity index (χ0) is 37.0. The summed E-state index contributed by atoms with van der Waals surface area (Å²) in [6.07, 6.45) is 0. The maximum Gasteiger partial charge on any atom is 0.164 e. The summed E-state index contributed by atoms with van der Waals surface area (Å²) in [5, 5.41) is 4.98. The molecule has 8 aromatic carbocycles. The van der Waals surface area contributed by atoms with Crippen LogP contribution in [-0.2, 0) is 0 Å². The van der Waals surface area contributed by atoms with Crippen LogP contribution in [0.5, 0.6) is 0 Å². The fourth-order valence-electron chi connectivity index (χ4n) is 8.02. The number of thiophene rings is 1. The van der Waals surface area contributed by atoms with E-state index in [2.05, 4.69) is 174 Å². The van der Waals surface area contributed by atoms with Gasteiger partial charge in [0.05, 0.1) is 16.7 Å². The molecule has 11 rings (SSSR count). The Bertz CT molecular complexity index is 3180. The normalized spacial score (nSPS) is 11.6. The molecular weight excluding hydrogens is 701 g/mol. The summed E-state index contributed by atoms with van der Waals surface area (Å²) in [6, 6.07) is 68.6. The van der Waals surface area contributed by atoms with Crippen molar-refractivity contribution in [3.05, 3.63) is 194 Å². The number of para-hydroxylation sites is 3. The lowest BCUT2D eigenvalue weighted by Crippen LogP contribution is -2.00. The Hall–Kier alpha value is -7.21. The first-order chi connectivity index (χ1) is 27.8. The first kappa shape index (κ1) is 32.2. The van der Waals surface area contributed by atoms with Crippen LogP contribution in [-0.4, -0.2) is 19.5 Å². The molecule has 11 aromatic rings. The van der Waals surface area contributed by atoms with Crippen molar-refractivity contribution in [2.75, 3.05) is 0 Å². The molecule has 0 fully saturated rings. The summed E-state index contributed by atoms with van der Waals surface area (Å²) in [5.41, 5.74) is 11.2. The highest BCUT2D eigenvalue weighted by molar-refractivity contribution is 7.26. The third kappa shape index (κ3) is 5.40. The fourth-order valence-corrected chi connectivity index (χ4v) is 9.29. The number of aromatic nitrogens is 4. The van der Waals surface area contributed by atoms with Gasteiger partial charge in [0.1, 0.15) is 0 Å². The number of fused-ring (bicyclic) bond motifs is 6. The van der Waals surface area contributed by atoms with Crippen molar-refractivity contribution < 1.29 is 0 Å². The molecule has 0 unspecified atom stereocenters. The third-order valence-corrected chi connectivity index (χ3v) is 11.9. The van der Waals surface area contributed by atoms with Crippen LogP contribution in [0.15, 0.2) is 194 Å². The molecular formula is C51H32N4S. The second-order valence-corrected chi connectivity index (χ2v) is 15.0. The minimum atomic E-state index is 0.647. The number of hydrogen-bond acceptors (Lipinski definition) is 4. The summed E-state index contributed by atoms with van der Waals surface area (Å²) in [5.74, 6) is 1.95. The third-order valence-electron chi connectivity index (χ3n) is 10.7. The minimum Gasteiger partial charge on any atom is -0.309 e. The molecule has 0 saturated heterocycles. The lowest BCUT2D eigenvalue weighted by Gasteiger charge is -2.14. The average molecular weight is 733 g/mol. The van der Waals surface area contributed by atoms with Crippen LogP contribution in [0.1, 0.15) is 0 Å². The van der Waals surface area contributed by atoms with Crippen LogP contribution >= 0.6 is 11.3 Å². The molecule has 4 nitrogen and oxygen atoms in total. The van der Waals surface area contributed by atoms with E-state index in [1.807, 2.05) is 35.6 Å². The Morgan fingerprint density at radius 1 is 0.339 bits per heavy atom. The zero-order valence-electron chi connectivity index (χ0n) is 30.2. The molecule has 0 amide bonds. The molecule has 3 aromatic heterocycles. The van der Waals surface area contributed by atoms with Crippen molar-refractivity contribution in [1.82, 2.24) is 19.5 Å². The average Bonchev–Trinajstić information content (AvgIpc) is 3.82. The van der Waals surface area contributed by atoms with Crippen LogP contribution in [0.2, 0.25) is 0 Å². The van der Waals surface area contributed by atoms with E-state index >= 15 is 0 Å². The van der Waals surface area contributed by atoms with Crippen molar-refractivity contribution in [2.45, 2.75) is 0 Å². The standard InChI is InChI=1S/C51H32N4S/c1-3-14-33(15-4-1)34-26-28-36(29-27-34)50-52-49(35-16-5-2-6-17-35)53-51(54-50)37-30-31-41-43-22-13-21-42(48(43)56-47(41)32-37)40-20-9-12-25-46(40)55-44-23-10-7-18-38(44)39-19-8-11-24-45(39)55/h1-32H. The lowest BCUT2D eigenvalue weighted by atomic mass is 10.0. The first-order valence-electron chi connectivity index (χ1n) is 18.8. The largest absolute Gasteiger partial charge is 0.309 e. The summed E-state index contributed by atoms with van der Waals surface area (Å²) in [4.78, 5) is 15.1. The Morgan fingerprint density at radius 2 is 0.821 bits per heavy atom. The van der Waals surface area contributed by atoms with Gasteiger partial charge in [0.2, 0.25) is 0 Å². The molecule has 56 heavy (non-hydrogen) atoms. The van der Waals surface area contributed by atoms with Gasteiger partial charge in [-0.25, -0.2) is 15.0 Å². The van der Waals surface area contributed by atoms with Gasteiger partial charge in [-0.2, -0.15) is 0 Å². The van der Waals surface area contributed by atoms with Crippen molar-refractivity contribution >= 4 is 53.3 Å². The van der Waals surface area contributed by atoms with Crippen molar-refractivity contribution in [2.24, 2.45) is 0 Å². The molecule has 0 aliphatic rings. The van der Waals surface area contributed by atoms with E-state index in [1.54, 1.807) is 0 Å². The van der Waals surface area contributed by atoms with E-state index in [0.29, 0.717) is 17.5 Å². The Kier molecular flexibility index (Phi) is 7.64. The molecule has 0 aliphatic heterocycles. The Morgan fingerprint density at radius 3 is 1.52 bits per heavy atom. The van der Waals surface area contributed by atoms with Crippen molar-refractivity contribution in [1.29, 1.82) is 0 Å². The number of rotatable bonds is 6. The fraction of sp³-hybridized carbons (Fsp3) is 0. The van der Waals surface area contributed by atoms with Gasteiger partial charge in [-0.3, -0.25) is 0 Å². The van der Waals surface area contributed by atoms with Crippen molar-refractivity contribution in [3.63, 3.8) is 0 Å². The molecule has 0 radical (unpaired) electrons. The SMILES string of the molecule is c1ccc(-c2ccc(-c3nc(-c4ccccc4)nc(-c4ccc5c(c4)sc4c(-c6ccccc6-n6c7ccccc7c7ccccc76)cccc45)n3)cc2)cc1. The molecule has 0 saturated carbocycles. The lowest BCUT2D eigenvalue weighted by molar-refractivity contribution is 1.07. The molecule has 262 valence electrons. The van der Waals surface area contributed by atoms with Crippen LogP contribution in [0.4, 0.5) is 0 Å². The molecule has 0 aliphatic carbocycles. The summed E-state index contributed by atoms with van der Waals surface area (Å²) in [7, 11) is 0. The van der Waals surface area contributed by atoms with Gasteiger partial charge >= 0.3 is 0 Å². The van der Waals surface area contributed by atoms with Crippen LogP contribution < -0.4 is 0 Å². The second kappa shape index (κ2) is 13.3. The minimum absolute atomic E-state index is 0.647. The predicted molar refractivity (Wildman–Crippen MR) is 234 cm³/mol. The van der Waals surface area contributed by atoms with E-state index in [-0.39, 0.29) is 0 Å². The maximum absolute atomic E-state index is 5.10. The van der Waals surface area contributed by atoms with Gasteiger partial charge in [0, 0.05) is 58.8 Å². The highest BCUT2D eigenvalue weighted by atomic mass is 32.1. The van der Waals surface area contributed by atoms with Crippen LogP contribution in [0.3, 0.4) is 0 Å². The van der Waals surface area contributed by atoms with Crippen molar-refractivity contribution in [3.8, 4) is 62.1 Å². The van der Waals surface area contributed by atoms with Gasteiger partial charge in [-0.05, 0) is 35.4 Å². The van der Waals surface area contributed by atoms with E-state index in [1.165, 1.54) is 64.4 Å². The second-order valence-electron chi connectivity index (χ2n) is 14.0. The highest BCUT2D eigenvalue weighted by Gasteiger charge is 2.19. The predicted octanol–water partition coefficient (Wildman–Crippen LogP) is 13.7. The van der Waals surface area contributed by atoms with Gasteiger partial charge in [0.25, 0.3) is 0 Å². The Labute approximate surface area is 327 Å². The quantitative estimate of drug-likeness (QED) is 0.171. The van der Waals surface area contributed by atoms with E-state index in [4.69, 9.17) is 15.0 Å². The molecule has 0 bridgehead atoms. The van der Waals surface area contributed by atoms with Gasteiger partial charge in [0.15, 0.2) is 17.5 Å². The smallest absolute Gasteiger partial charge is 0.164 e.